The van der Waals surface area contributed by atoms with Gasteiger partial charge in [0.1, 0.15) is 0 Å². The summed E-state index contributed by atoms with van der Waals surface area (Å²) >= 11 is 0. The Morgan fingerprint density at radius 2 is 2.50 bits per heavy atom. The molecule has 0 amide bonds. The summed E-state index contributed by atoms with van der Waals surface area (Å²) in [7, 11) is 0. The summed E-state index contributed by atoms with van der Waals surface area (Å²) in [5.41, 5.74) is 0. The van der Waals surface area contributed by atoms with Crippen LogP contribution in [0, 0.1) is 6.57 Å². The monoisotopic (exact) mass is 83.0 g/mol. The van der Waals surface area contributed by atoms with Crippen LogP contribution in [0.25, 0.3) is 4.85 Å². The van der Waals surface area contributed by atoms with Gasteiger partial charge in [0.2, 0.25) is 6.54 Å². The van der Waals surface area contributed by atoms with E-state index in [0.717, 1.165) is 6.26 Å². The van der Waals surface area contributed by atoms with Gasteiger partial charge in [0.15, 0.2) is 0 Å². The first-order valence-corrected chi connectivity index (χ1v) is 1.54. The van der Waals surface area contributed by atoms with Crippen LogP contribution >= 0.6 is 0 Å². The summed E-state index contributed by atoms with van der Waals surface area (Å²) < 4.78 is 0. The average molecular weight is 83.1 g/mol. The van der Waals surface area contributed by atoms with Crippen LogP contribution in [-0.4, -0.2) is 11.7 Å². The third-order valence-corrected chi connectivity index (χ3v) is 0.302. The Balaban J connectivity index is 2.92. The van der Waals surface area contributed by atoms with Crippen molar-refractivity contribution in [1.82, 2.24) is 0 Å². The van der Waals surface area contributed by atoms with E-state index >= 15 is 0 Å². The maximum absolute atomic E-state index is 7.87. The van der Waals surface area contributed by atoms with Gasteiger partial charge in [0.05, 0.1) is 6.26 Å². The van der Waals surface area contributed by atoms with Crippen molar-refractivity contribution in [3.8, 4) is 0 Å². The predicted molar refractivity (Wildman–Crippen MR) is 23.2 cm³/mol. The van der Waals surface area contributed by atoms with Crippen molar-refractivity contribution in [2.24, 2.45) is 0 Å². The average Bonchev–Trinajstić information content (AvgIpc) is 1.61. The fraction of sp³-hybridized carbons (Fsp3) is 0.250. The summed E-state index contributed by atoms with van der Waals surface area (Å²) in [4.78, 5) is 2.93. The van der Waals surface area contributed by atoms with E-state index in [1.807, 2.05) is 0 Å². The lowest BCUT2D eigenvalue weighted by Gasteiger charge is -1.63. The van der Waals surface area contributed by atoms with E-state index in [0.29, 0.717) is 0 Å². The minimum absolute atomic E-state index is 0.274. The molecule has 0 rings (SSSR count). The molecule has 0 unspecified atom stereocenters. The molecule has 6 heavy (non-hydrogen) atoms. The van der Waals surface area contributed by atoms with Gasteiger partial charge in [-0.05, 0) is 0 Å². The molecule has 0 aromatic carbocycles. The summed E-state index contributed by atoms with van der Waals surface area (Å²) in [5, 5.41) is 7.87. The van der Waals surface area contributed by atoms with Crippen LogP contribution in [0.15, 0.2) is 12.3 Å². The zero-order valence-electron chi connectivity index (χ0n) is 3.26. The Kier molecular flexibility index (Phi) is 3.38. The molecule has 0 saturated heterocycles. The summed E-state index contributed by atoms with van der Waals surface area (Å²) in [6.45, 7) is 6.44. The normalized spacial score (nSPS) is 8.50. The Bertz CT molecular complexity index is 80.0. The predicted octanol–water partition coefficient (Wildman–Crippen LogP) is 0.977. The highest BCUT2D eigenvalue weighted by Gasteiger charge is 1.65. The first kappa shape index (κ1) is 5.03. The molecule has 0 atom stereocenters. The van der Waals surface area contributed by atoms with Crippen LogP contribution in [0.3, 0.4) is 0 Å². The van der Waals surface area contributed by atoms with Crippen molar-refractivity contribution < 1.29 is 5.11 Å². The second kappa shape index (κ2) is 4.03. The third kappa shape index (κ3) is 3.03. The smallest absolute Gasteiger partial charge is 0.236 e. The van der Waals surface area contributed by atoms with Crippen LogP contribution in [0.2, 0.25) is 0 Å². The molecule has 2 heteroatoms. The summed E-state index contributed by atoms with van der Waals surface area (Å²) in [6.07, 6.45) is 2.26. The molecule has 0 saturated carbocycles. The van der Waals surface area contributed by atoms with E-state index < -0.39 is 0 Å². The lowest BCUT2D eigenvalue weighted by Crippen LogP contribution is -1.60. The highest BCUT2D eigenvalue weighted by molar-refractivity contribution is 4.80. The summed E-state index contributed by atoms with van der Waals surface area (Å²) in [5.74, 6) is 0. The van der Waals surface area contributed by atoms with Crippen molar-refractivity contribution >= 4 is 0 Å². The highest BCUT2D eigenvalue weighted by atomic mass is 16.2. The first-order chi connectivity index (χ1) is 2.91. The molecular weight excluding hydrogens is 78.0 g/mol. The Labute approximate surface area is 36.5 Å². The van der Waals surface area contributed by atoms with Crippen LogP contribution in [0.4, 0.5) is 0 Å². The van der Waals surface area contributed by atoms with Gasteiger partial charge in [-0.2, -0.15) is 0 Å². The fourth-order valence-electron chi connectivity index (χ4n) is 0.0998. The topological polar surface area (TPSA) is 24.6 Å². The van der Waals surface area contributed by atoms with E-state index in [1.54, 1.807) is 0 Å². The van der Waals surface area contributed by atoms with Gasteiger partial charge in [0.25, 0.3) is 0 Å². The number of aliphatic hydroxyl groups excluding tert-OH is 1. The fourth-order valence-corrected chi connectivity index (χ4v) is 0.0998. The maximum atomic E-state index is 7.87. The number of nitrogens with zero attached hydrogens (tertiary/aromatic N) is 1. The largest absolute Gasteiger partial charge is 0.516 e. The van der Waals surface area contributed by atoms with E-state index in [2.05, 4.69) is 4.85 Å². The molecule has 0 aliphatic rings. The van der Waals surface area contributed by atoms with E-state index in [-0.39, 0.29) is 6.54 Å². The molecule has 0 spiro atoms. The molecule has 2 nitrogen and oxygen atoms in total. The van der Waals surface area contributed by atoms with Gasteiger partial charge in [-0.25, -0.2) is 6.57 Å². The minimum Gasteiger partial charge on any atom is -0.516 e. The number of hydrogen-bond acceptors (Lipinski definition) is 1. The number of aliphatic hydroxyl groups is 1. The van der Waals surface area contributed by atoms with Gasteiger partial charge in [-0.15, -0.1) is 0 Å². The van der Waals surface area contributed by atoms with Crippen molar-refractivity contribution in [2.75, 3.05) is 6.54 Å². The second-order valence-corrected chi connectivity index (χ2v) is 0.725. The molecule has 0 heterocycles. The van der Waals surface area contributed by atoms with Crippen LogP contribution < -0.4 is 0 Å². The van der Waals surface area contributed by atoms with E-state index in [9.17, 15) is 0 Å². The van der Waals surface area contributed by atoms with Gasteiger partial charge >= 0.3 is 0 Å². The quantitative estimate of drug-likeness (QED) is 0.371. The second-order valence-electron chi connectivity index (χ2n) is 0.725. The number of rotatable bonds is 1. The molecule has 0 aliphatic heterocycles. The van der Waals surface area contributed by atoms with E-state index in [1.165, 1.54) is 6.08 Å². The molecule has 0 aromatic rings. The van der Waals surface area contributed by atoms with Gasteiger partial charge < -0.3 is 9.95 Å². The lowest BCUT2D eigenvalue weighted by atomic mass is 10.6. The molecule has 1 N–H and O–H groups in total. The van der Waals surface area contributed by atoms with Gasteiger partial charge in [-0.1, -0.05) is 0 Å². The van der Waals surface area contributed by atoms with Gasteiger partial charge in [-0.3, -0.25) is 0 Å². The Hall–Kier alpha value is -0.970. The lowest BCUT2D eigenvalue weighted by molar-refractivity contribution is 0.472. The standard InChI is InChI=1S/C4H5NO/c1-5-3-2-4-6/h2,4,6H,3H2. The van der Waals surface area contributed by atoms with Crippen molar-refractivity contribution in [2.45, 2.75) is 0 Å². The number of hydrogen-bond donors (Lipinski definition) is 1. The third-order valence-electron chi connectivity index (χ3n) is 0.302. The Morgan fingerprint density at radius 3 is 2.67 bits per heavy atom. The summed E-state index contributed by atoms with van der Waals surface area (Å²) in [6, 6.07) is 0. The zero-order chi connectivity index (χ0) is 4.83. The van der Waals surface area contributed by atoms with E-state index in [4.69, 9.17) is 11.7 Å². The Morgan fingerprint density at radius 1 is 1.83 bits per heavy atom. The molecule has 0 aromatic heterocycles. The molecule has 32 valence electrons. The molecule has 0 bridgehead atoms. The SMILES string of the molecule is [C-]#[N+]CC=CO. The first-order valence-electron chi connectivity index (χ1n) is 1.54. The zero-order valence-corrected chi connectivity index (χ0v) is 3.26. The minimum atomic E-state index is 0.274. The van der Waals surface area contributed by atoms with Crippen molar-refractivity contribution in [1.29, 1.82) is 0 Å². The molecule has 0 aliphatic carbocycles. The maximum Gasteiger partial charge on any atom is 0.236 e. The highest BCUT2D eigenvalue weighted by Crippen LogP contribution is 1.66. The molecule has 0 fully saturated rings. The van der Waals surface area contributed by atoms with Crippen molar-refractivity contribution in [3.63, 3.8) is 0 Å². The van der Waals surface area contributed by atoms with Crippen molar-refractivity contribution in [3.05, 3.63) is 23.8 Å². The molecule has 0 radical (unpaired) electrons. The van der Waals surface area contributed by atoms with Crippen LogP contribution in [0.1, 0.15) is 0 Å². The van der Waals surface area contributed by atoms with Crippen LogP contribution in [0.5, 0.6) is 0 Å². The van der Waals surface area contributed by atoms with Gasteiger partial charge in [0, 0.05) is 6.08 Å². The van der Waals surface area contributed by atoms with Crippen LogP contribution in [-0.2, 0) is 0 Å². The molecular formula is C4H5NO.